The second-order valence-electron chi connectivity index (χ2n) is 6.82. The van der Waals surface area contributed by atoms with Crippen LogP contribution in [-0.4, -0.2) is 41.4 Å². The summed E-state index contributed by atoms with van der Waals surface area (Å²) in [5.41, 5.74) is 1.22. The number of likely N-dealkylation sites (tertiary alicyclic amines) is 1. The van der Waals surface area contributed by atoms with Gasteiger partial charge in [0.15, 0.2) is 6.61 Å². The molecule has 1 N–H and O–H groups in total. The topological polar surface area (TPSA) is 71.5 Å². The van der Waals surface area contributed by atoms with Crippen molar-refractivity contribution in [2.75, 3.05) is 25.0 Å². The fourth-order valence-electron chi connectivity index (χ4n) is 3.15. The molecule has 1 aromatic carbocycles. The number of aryl methyl sites for hydroxylation is 1. The van der Waals surface area contributed by atoms with E-state index in [-0.39, 0.29) is 24.3 Å². The first-order valence-corrected chi connectivity index (χ1v) is 9.85. The number of hydrogen-bond donors (Lipinski definition) is 1. The Morgan fingerprint density at radius 2 is 2.04 bits per heavy atom. The maximum absolute atomic E-state index is 12.5. The van der Waals surface area contributed by atoms with Crippen molar-refractivity contribution in [2.24, 2.45) is 5.92 Å². The number of nitrogens with zero attached hydrogens (tertiary/aromatic N) is 2. The summed E-state index contributed by atoms with van der Waals surface area (Å²) in [6, 6.07) is 11.1. The number of rotatable bonds is 6. The minimum atomic E-state index is -0.265. The number of piperidine rings is 1. The molecule has 1 aliphatic rings. The molecule has 1 unspecified atom stereocenters. The smallest absolute Gasteiger partial charge is 0.260 e. The summed E-state index contributed by atoms with van der Waals surface area (Å²) in [5, 5.41) is 3.30. The predicted molar refractivity (Wildman–Crippen MR) is 108 cm³/mol. The molecule has 2 amide bonds. The predicted octanol–water partition coefficient (Wildman–Crippen LogP) is 3.55. The largest absolute Gasteiger partial charge is 0.484 e. The Labute approximate surface area is 169 Å². The van der Waals surface area contributed by atoms with Gasteiger partial charge < -0.3 is 15.0 Å². The van der Waals surface area contributed by atoms with E-state index in [1.54, 1.807) is 17.0 Å². The molecule has 0 saturated carbocycles. The number of halogens is 1. The Bertz CT molecular complexity index is 809. The van der Waals surface area contributed by atoms with Gasteiger partial charge in [0.1, 0.15) is 11.6 Å². The molecule has 7 heteroatoms. The van der Waals surface area contributed by atoms with Crippen molar-refractivity contribution < 1.29 is 14.3 Å². The van der Waals surface area contributed by atoms with Crippen LogP contribution in [0, 0.1) is 5.92 Å². The molecule has 1 atom stereocenters. The second kappa shape index (κ2) is 9.55. The zero-order valence-corrected chi connectivity index (χ0v) is 16.6. The highest BCUT2D eigenvalue weighted by Crippen LogP contribution is 2.20. The highest BCUT2D eigenvalue weighted by molar-refractivity contribution is 6.30. The number of amides is 2. The van der Waals surface area contributed by atoms with Crippen LogP contribution < -0.4 is 10.1 Å². The third-order valence-electron chi connectivity index (χ3n) is 4.82. The monoisotopic (exact) mass is 401 g/mol. The van der Waals surface area contributed by atoms with Gasteiger partial charge in [0, 0.05) is 19.3 Å². The molecular formula is C21H24ClN3O3. The highest BCUT2D eigenvalue weighted by Gasteiger charge is 2.28. The minimum Gasteiger partial charge on any atom is -0.484 e. The number of ether oxygens (including phenoxy) is 1. The molecule has 0 aliphatic carbocycles. The molecule has 6 nitrogen and oxygen atoms in total. The number of benzene rings is 1. The van der Waals surface area contributed by atoms with Crippen LogP contribution in [0.5, 0.6) is 5.75 Å². The summed E-state index contributed by atoms with van der Waals surface area (Å²) in [4.78, 5) is 30.8. The van der Waals surface area contributed by atoms with Crippen LogP contribution in [0.1, 0.15) is 25.3 Å². The van der Waals surface area contributed by atoms with E-state index in [1.165, 1.54) is 11.8 Å². The number of pyridine rings is 1. The Kier molecular flexibility index (Phi) is 6.87. The first-order chi connectivity index (χ1) is 13.5. The third kappa shape index (κ3) is 5.45. The van der Waals surface area contributed by atoms with E-state index in [9.17, 15) is 9.59 Å². The van der Waals surface area contributed by atoms with E-state index in [0.29, 0.717) is 29.7 Å². The lowest BCUT2D eigenvalue weighted by Crippen LogP contribution is -2.45. The minimum absolute atomic E-state index is 0.0292. The summed E-state index contributed by atoms with van der Waals surface area (Å²) < 4.78 is 5.61. The second-order valence-corrected chi connectivity index (χ2v) is 7.25. The molecular weight excluding hydrogens is 378 g/mol. The number of hydrogen-bond acceptors (Lipinski definition) is 4. The lowest BCUT2D eigenvalue weighted by Gasteiger charge is -2.32. The Hall–Kier alpha value is -2.60. The fraction of sp³-hybridized carbons (Fsp3) is 0.381. The molecule has 0 bridgehead atoms. The number of carbonyl (C=O) groups is 2. The molecule has 3 rings (SSSR count). The Morgan fingerprint density at radius 1 is 1.25 bits per heavy atom. The van der Waals surface area contributed by atoms with Gasteiger partial charge in [-0.25, -0.2) is 4.98 Å². The average molecular weight is 402 g/mol. The van der Waals surface area contributed by atoms with Crippen LogP contribution in [0.3, 0.4) is 0 Å². The van der Waals surface area contributed by atoms with Crippen LogP contribution in [0.4, 0.5) is 5.82 Å². The third-order valence-corrected chi connectivity index (χ3v) is 5.04. The lowest BCUT2D eigenvalue weighted by atomic mass is 9.97. The maximum atomic E-state index is 12.5. The number of nitrogens with one attached hydrogen (secondary N) is 1. The van der Waals surface area contributed by atoms with E-state index in [0.717, 1.165) is 19.3 Å². The van der Waals surface area contributed by atoms with Gasteiger partial charge in [-0.1, -0.05) is 30.7 Å². The summed E-state index contributed by atoms with van der Waals surface area (Å²) in [5.74, 6) is 0.617. The van der Waals surface area contributed by atoms with Gasteiger partial charge in [0.2, 0.25) is 5.91 Å². The van der Waals surface area contributed by atoms with E-state index in [2.05, 4.69) is 17.2 Å². The van der Waals surface area contributed by atoms with Crippen molar-refractivity contribution in [1.29, 1.82) is 0 Å². The molecule has 1 aromatic heterocycles. The van der Waals surface area contributed by atoms with Crippen molar-refractivity contribution in [3.8, 4) is 5.75 Å². The number of aromatic nitrogens is 1. The Balaban J connectivity index is 1.50. The molecule has 148 valence electrons. The summed E-state index contributed by atoms with van der Waals surface area (Å²) in [7, 11) is 0. The molecule has 1 aliphatic heterocycles. The molecule has 1 fully saturated rings. The van der Waals surface area contributed by atoms with E-state index in [1.807, 2.05) is 24.3 Å². The first kappa shape index (κ1) is 20.1. The van der Waals surface area contributed by atoms with Crippen molar-refractivity contribution in [3.05, 3.63) is 53.2 Å². The number of carbonyl (C=O) groups excluding carboxylic acids is 2. The molecule has 2 aromatic rings. The zero-order valence-electron chi connectivity index (χ0n) is 15.9. The molecule has 1 saturated heterocycles. The van der Waals surface area contributed by atoms with Crippen molar-refractivity contribution in [2.45, 2.75) is 26.2 Å². The van der Waals surface area contributed by atoms with Crippen LogP contribution in [-0.2, 0) is 16.0 Å². The standard InChI is InChI=1S/C21H24ClN3O3/c1-2-15-5-8-18(9-6-15)28-14-20(26)25-11-3-4-16(13-25)21(27)24-19-10-7-17(22)12-23-19/h5-10,12,16H,2-4,11,13-14H2,1H3,(H,23,24,27). The van der Waals surface area contributed by atoms with Crippen LogP contribution in [0.15, 0.2) is 42.6 Å². The van der Waals surface area contributed by atoms with Gasteiger partial charge in [0.25, 0.3) is 5.91 Å². The maximum Gasteiger partial charge on any atom is 0.260 e. The first-order valence-electron chi connectivity index (χ1n) is 9.47. The van der Waals surface area contributed by atoms with Crippen molar-refractivity contribution in [3.63, 3.8) is 0 Å². The lowest BCUT2D eigenvalue weighted by molar-refractivity contribution is -0.136. The molecule has 0 radical (unpaired) electrons. The number of anilines is 1. The van der Waals surface area contributed by atoms with Gasteiger partial charge in [0.05, 0.1) is 10.9 Å². The summed E-state index contributed by atoms with van der Waals surface area (Å²) in [6.45, 7) is 3.08. The SMILES string of the molecule is CCc1ccc(OCC(=O)N2CCCC(C(=O)Nc3ccc(Cl)cn3)C2)cc1. The average Bonchev–Trinajstić information content (AvgIpc) is 2.74. The van der Waals surface area contributed by atoms with Gasteiger partial charge in [-0.15, -0.1) is 0 Å². The normalized spacial score (nSPS) is 16.5. The van der Waals surface area contributed by atoms with Gasteiger partial charge in [-0.2, -0.15) is 0 Å². The molecule has 28 heavy (non-hydrogen) atoms. The van der Waals surface area contributed by atoms with E-state index >= 15 is 0 Å². The Morgan fingerprint density at radius 3 is 2.71 bits per heavy atom. The van der Waals surface area contributed by atoms with Gasteiger partial charge in [-0.3, -0.25) is 9.59 Å². The van der Waals surface area contributed by atoms with E-state index in [4.69, 9.17) is 16.3 Å². The van der Waals surface area contributed by atoms with Crippen molar-refractivity contribution in [1.82, 2.24) is 9.88 Å². The van der Waals surface area contributed by atoms with Crippen molar-refractivity contribution >= 4 is 29.2 Å². The van der Waals surface area contributed by atoms with Crippen LogP contribution in [0.25, 0.3) is 0 Å². The van der Waals surface area contributed by atoms with Gasteiger partial charge in [-0.05, 0) is 49.1 Å². The summed E-state index contributed by atoms with van der Waals surface area (Å²) >= 11 is 5.81. The van der Waals surface area contributed by atoms with Crippen LogP contribution in [0.2, 0.25) is 5.02 Å². The van der Waals surface area contributed by atoms with E-state index < -0.39 is 0 Å². The highest BCUT2D eigenvalue weighted by atomic mass is 35.5. The van der Waals surface area contributed by atoms with Gasteiger partial charge >= 0.3 is 0 Å². The molecule has 2 heterocycles. The quantitative estimate of drug-likeness (QED) is 0.803. The zero-order chi connectivity index (χ0) is 19.9. The summed E-state index contributed by atoms with van der Waals surface area (Å²) in [6.07, 6.45) is 3.96. The molecule has 0 spiro atoms. The fourth-order valence-corrected chi connectivity index (χ4v) is 3.27. The van der Waals surface area contributed by atoms with Crippen LogP contribution >= 0.6 is 11.6 Å².